The first-order chi connectivity index (χ1) is 9.48. The van der Waals surface area contributed by atoms with Crippen molar-refractivity contribution in [2.75, 3.05) is 18.5 Å². The SMILES string of the molecule is CC(C)(CNC(=O)Cn1cc(N)ccc1=O)NS(C)(=O)=O. The molecule has 1 amide bonds. The van der Waals surface area contributed by atoms with Crippen molar-refractivity contribution in [3.63, 3.8) is 0 Å². The lowest BCUT2D eigenvalue weighted by Crippen LogP contribution is -2.51. The van der Waals surface area contributed by atoms with Crippen LogP contribution in [0, 0.1) is 0 Å². The van der Waals surface area contributed by atoms with Gasteiger partial charge in [0.15, 0.2) is 0 Å². The van der Waals surface area contributed by atoms with Crippen LogP contribution in [0.3, 0.4) is 0 Å². The Morgan fingerprint density at radius 3 is 2.57 bits per heavy atom. The van der Waals surface area contributed by atoms with Crippen molar-refractivity contribution in [1.82, 2.24) is 14.6 Å². The first-order valence-corrected chi connectivity index (χ1v) is 8.09. The van der Waals surface area contributed by atoms with Gasteiger partial charge in [0, 0.05) is 30.0 Å². The molecule has 1 rings (SSSR count). The first kappa shape index (κ1) is 17.2. The lowest BCUT2D eigenvalue weighted by Gasteiger charge is -2.25. The van der Waals surface area contributed by atoms with E-state index in [4.69, 9.17) is 5.73 Å². The molecule has 21 heavy (non-hydrogen) atoms. The Morgan fingerprint density at radius 2 is 2.00 bits per heavy atom. The highest BCUT2D eigenvalue weighted by Gasteiger charge is 2.22. The van der Waals surface area contributed by atoms with E-state index in [1.54, 1.807) is 13.8 Å². The molecule has 4 N–H and O–H groups in total. The van der Waals surface area contributed by atoms with Crippen molar-refractivity contribution >= 4 is 21.6 Å². The topological polar surface area (TPSA) is 123 Å². The van der Waals surface area contributed by atoms with Crippen LogP contribution in [0.5, 0.6) is 0 Å². The van der Waals surface area contributed by atoms with E-state index in [0.717, 1.165) is 6.26 Å². The molecule has 118 valence electrons. The second kappa shape index (κ2) is 6.27. The fourth-order valence-corrected chi connectivity index (χ4v) is 2.82. The standard InChI is InChI=1S/C12H20N4O4S/c1-12(2,15-21(3,19)20)8-14-10(17)7-16-6-9(13)4-5-11(16)18/h4-6,15H,7-8,13H2,1-3H3,(H,14,17). The Labute approximate surface area is 123 Å². The predicted octanol–water partition coefficient (Wildman–Crippen LogP) is -1.13. The van der Waals surface area contributed by atoms with Crippen LogP contribution in [0.15, 0.2) is 23.1 Å². The van der Waals surface area contributed by atoms with Crippen molar-refractivity contribution in [3.05, 3.63) is 28.7 Å². The number of aromatic nitrogens is 1. The van der Waals surface area contributed by atoms with Crippen molar-refractivity contribution in [1.29, 1.82) is 0 Å². The number of sulfonamides is 1. The lowest BCUT2D eigenvalue weighted by atomic mass is 10.1. The molecule has 0 atom stereocenters. The average molecular weight is 316 g/mol. The van der Waals surface area contributed by atoms with Gasteiger partial charge in [-0.3, -0.25) is 9.59 Å². The van der Waals surface area contributed by atoms with Gasteiger partial charge in [0.25, 0.3) is 5.56 Å². The van der Waals surface area contributed by atoms with E-state index in [9.17, 15) is 18.0 Å². The number of nitrogens with two attached hydrogens (primary N) is 1. The monoisotopic (exact) mass is 316 g/mol. The minimum atomic E-state index is -3.37. The molecule has 0 unspecified atom stereocenters. The number of hydrogen-bond acceptors (Lipinski definition) is 5. The van der Waals surface area contributed by atoms with Gasteiger partial charge in [0.05, 0.1) is 6.26 Å². The number of hydrogen-bond donors (Lipinski definition) is 3. The molecule has 0 bridgehead atoms. The zero-order valence-corrected chi connectivity index (χ0v) is 13.0. The fraction of sp³-hybridized carbons (Fsp3) is 0.500. The van der Waals surface area contributed by atoms with E-state index >= 15 is 0 Å². The highest BCUT2D eigenvalue weighted by atomic mass is 32.2. The third-order valence-corrected chi connectivity index (χ3v) is 3.43. The number of anilines is 1. The second-order valence-corrected chi connectivity index (χ2v) is 7.21. The maximum Gasteiger partial charge on any atom is 0.251 e. The molecule has 8 nitrogen and oxygen atoms in total. The summed E-state index contributed by atoms with van der Waals surface area (Å²) in [5, 5.41) is 2.57. The number of carbonyl (C=O) groups excluding carboxylic acids is 1. The Kier molecular flexibility index (Phi) is 5.13. The average Bonchev–Trinajstić information content (AvgIpc) is 2.28. The molecule has 1 aromatic rings. The molecule has 9 heteroatoms. The highest BCUT2D eigenvalue weighted by molar-refractivity contribution is 7.88. The minimum Gasteiger partial charge on any atom is -0.398 e. The molecule has 1 aromatic heterocycles. The Bertz CT molecular complexity index is 679. The number of amides is 1. The van der Waals surface area contributed by atoms with E-state index < -0.39 is 21.5 Å². The molecule has 0 spiro atoms. The Balaban J connectivity index is 2.62. The lowest BCUT2D eigenvalue weighted by molar-refractivity contribution is -0.121. The normalized spacial score (nSPS) is 12.1. The summed E-state index contributed by atoms with van der Waals surface area (Å²) in [7, 11) is -3.37. The van der Waals surface area contributed by atoms with Gasteiger partial charge in [-0.05, 0) is 19.9 Å². The number of nitrogen functional groups attached to an aromatic ring is 1. The molecule has 0 aromatic carbocycles. The van der Waals surface area contributed by atoms with Crippen LogP contribution in [0.4, 0.5) is 5.69 Å². The number of pyridine rings is 1. The Morgan fingerprint density at radius 1 is 1.38 bits per heavy atom. The third kappa shape index (κ3) is 6.41. The number of rotatable bonds is 6. The van der Waals surface area contributed by atoms with Crippen LogP contribution in [0.2, 0.25) is 0 Å². The van der Waals surface area contributed by atoms with Gasteiger partial charge >= 0.3 is 0 Å². The number of nitrogens with one attached hydrogen (secondary N) is 2. The van der Waals surface area contributed by atoms with Gasteiger partial charge in [-0.2, -0.15) is 0 Å². The van der Waals surface area contributed by atoms with Crippen LogP contribution in [-0.4, -0.2) is 37.2 Å². The van der Waals surface area contributed by atoms with Gasteiger partial charge in [-0.15, -0.1) is 0 Å². The van der Waals surface area contributed by atoms with Gasteiger partial charge in [0.2, 0.25) is 15.9 Å². The molecular weight excluding hydrogens is 296 g/mol. The molecule has 0 aliphatic heterocycles. The first-order valence-electron chi connectivity index (χ1n) is 6.20. The smallest absolute Gasteiger partial charge is 0.251 e. The molecule has 0 fully saturated rings. The zero-order valence-electron chi connectivity index (χ0n) is 12.2. The summed E-state index contributed by atoms with van der Waals surface area (Å²) in [5.74, 6) is -0.411. The van der Waals surface area contributed by atoms with E-state index in [2.05, 4.69) is 10.0 Å². The Hall–Kier alpha value is -1.87. The second-order valence-electron chi connectivity index (χ2n) is 5.46. The maximum atomic E-state index is 11.8. The molecule has 1 heterocycles. The molecular formula is C12H20N4O4S. The third-order valence-electron chi connectivity index (χ3n) is 2.51. The van der Waals surface area contributed by atoms with Gasteiger partial charge < -0.3 is 15.6 Å². The maximum absolute atomic E-state index is 11.8. The van der Waals surface area contributed by atoms with E-state index in [1.807, 2.05) is 0 Å². The van der Waals surface area contributed by atoms with Crippen LogP contribution in [0.25, 0.3) is 0 Å². The van der Waals surface area contributed by atoms with Crippen molar-refractivity contribution < 1.29 is 13.2 Å². The fourth-order valence-electron chi connectivity index (χ4n) is 1.74. The quantitative estimate of drug-likeness (QED) is 0.613. The highest BCUT2D eigenvalue weighted by Crippen LogP contribution is 2.02. The zero-order chi connectivity index (χ0) is 16.3. The largest absolute Gasteiger partial charge is 0.398 e. The van der Waals surface area contributed by atoms with Gasteiger partial charge in [-0.1, -0.05) is 0 Å². The summed E-state index contributed by atoms with van der Waals surface area (Å²) in [4.78, 5) is 23.3. The van der Waals surface area contributed by atoms with Crippen molar-refractivity contribution in [2.45, 2.75) is 25.9 Å². The molecule has 0 saturated carbocycles. The van der Waals surface area contributed by atoms with E-state index in [0.29, 0.717) is 5.69 Å². The summed E-state index contributed by atoms with van der Waals surface area (Å²) in [5.41, 5.74) is 4.75. The summed E-state index contributed by atoms with van der Waals surface area (Å²) in [6.45, 7) is 3.19. The van der Waals surface area contributed by atoms with Crippen LogP contribution < -0.4 is 21.3 Å². The molecule has 0 aliphatic carbocycles. The van der Waals surface area contributed by atoms with Crippen LogP contribution >= 0.6 is 0 Å². The predicted molar refractivity (Wildman–Crippen MR) is 80.2 cm³/mol. The van der Waals surface area contributed by atoms with Gasteiger partial charge in [-0.25, -0.2) is 13.1 Å². The molecule has 0 saturated heterocycles. The summed E-state index contributed by atoms with van der Waals surface area (Å²) in [6.07, 6.45) is 2.42. The number of nitrogens with zero attached hydrogens (tertiary/aromatic N) is 1. The summed E-state index contributed by atoms with van der Waals surface area (Å²) < 4.78 is 25.9. The van der Waals surface area contributed by atoms with E-state index in [-0.39, 0.29) is 18.6 Å². The van der Waals surface area contributed by atoms with E-state index in [1.165, 1.54) is 22.9 Å². The number of carbonyl (C=O) groups is 1. The molecule has 0 aliphatic rings. The van der Waals surface area contributed by atoms with Gasteiger partial charge in [0.1, 0.15) is 6.54 Å². The van der Waals surface area contributed by atoms with Crippen LogP contribution in [-0.2, 0) is 21.4 Å². The summed E-state index contributed by atoms with van der Waals surface area (Å²) in [6, 6.07) is 2.73. The van der Waals surface area contributed by atoms with Crippen LogP contribution in [0.1, 0.15) is 13.8 Å². The summed E-state index contributed by atoms with van der Waals surface area (Å²) >= 11 is 0. The van der Waals surface area contributed by atoms with Crippen molar-refractivity contribution in [2.24, 2.45) is 0 Å². The molecule has 0 radical (unpaired) electrons. The van der Waals surface area contributed by atoms with Crippen molar-refractivity contribution in [3.8, 4) is 0 Å². The minimum absolute atomic E-state index is 0.0932.